The van der Waals surface area contributed by atoms with Gasteiger partial charge in [-0.25, -0.2) is 5.43 Å². The van der Waals surface area contributed by atoms with Crippen molar-refractivity contribution < 1.29 is 14.6 Å². The Morgan fingerprint density at radius 1 is 1.30 bits per heavy atom. The fourth-order valence-electron chi connectivity index (χ4n) is 1.88. The normalized spacial score (nSPS) is 11.2. The number of aryl methyl sites for hydroxylation is 1. The number of halogens is 1. The molecule has 0 aliphatic carbocycles. The van der Waals surface area contributed by atoms with Crippen molar-refractivity contribution in [1.29, 1.82) is 0 Å². The van der Waals surface area contributed by atoms with E-state index in [0.29, 0.717) is 22.0 Å². The predicted octanol–water partition coefficient (Wildman–Crippen LogP) is 3.27. The van der Waals surface area contributed by atoms with Gasteiger partial charge in [0.1, 0.15) is 11.5 Å². The van der Waals surface area contributed by atoms with Gasteiger partial charge >= 0.3 is 0 Å². The minimum atomic E-state index is -0.420. The summed E-state index contributed by atoms with van der Waals surface area (Å²) in [6.07, 6.45) is 0. The van der Waals surface area contributed by atoms with Crippen LogP contribution >= 0.6 is 11.6 Å². The Hall–Kier alpha value is -2.53. The number of nitrogens with zero attached hydrogens (tertiary/aromatic N) is 1. The van der Waals surface area contributed by atoms with E-state index in [1.165, 1.54) is 0 Å². The van der Waals surface area contributed by atoms with Crippen molar-refractivity contribution >= 4 is 23.2 Å². The van der Waals surface area contributed by atoms with Gasteiger partial charge in [0.05, 0.1) is 10.7 Å². The number of carbonyl (C=O) groups is 1. The lowest BCUT2D eigenvalue weighted by Crippen LogP contribution is -2.25. The highest BCUT2D eigenvalue weighted by Crippen LogP contribution is 2.22. The summed E-state index contributed by atoms with van der Waals surface area (Å²) in [4.78, 5) is 11.8. The minimum Gasteiger partial charge on any atom is -0.507 e. The maximum Gasteiger partial charge on any atom is 0.277 e. The molecule has 0 radical (unpaired) electrons. The fourth-order valence-corrected chi connectivity index (χ4v) is 2.07. The van der Waals surface area contributed by atoms with E-state index in [-0.39, 0.29) is 12.4 Å². The molecule has 2 aromatic carbocycles. The van der Waals surface area contributed by atoms with E-state index in [0.717, 1.165) is 5.56 Å². The molecule has 23 heavy (non-hydrogen) atoms. The molecule has 0 bridgehead atoms. The highest BCUT2D eigenvalue weighted by atomic mass is 35.5. The molecule has 0 heterocycles. The minimum absolute atomic E-state index is 0.110. The largest absolute Gasteiger partial charge is 0.507 e. The SMILES string of the molecule is CC(=NNC(=O)COc1ccccc1Cl)c1cc(C)ccc1O. The molecule has 0 saturated heterocycles. The molecule has 0 aromatic heterocycles. The van der Waals surface area contributed by atoms with Crippen LogP contribution in [0.5, 0.6) is 11.5 Å². The van der Waals surface area contributed by atoms with Gasteiger partial charge in [-0.15, -0.1) is 0 Å². The molecule has 0 aliphatic rings. The van der Waals surface area contributed by atoms with E-state index >= 15 is 0 Å². The molecule has 0 unspecified atom stereocenters. The number of benzene rings is 2. The molecule has 0 aliphatic heterocycles. The smallest absolute Gasteiger partial charge is 0.277 e. The summed E-state index contributed by atoms with van der Waals surface area (Å²) in [7, 11) is 0. The van der Waals surface area contributed by atoms with E-state index in [4.69, 9.17) is 16.3 Å². The van der Waals surface area contributed by atoms with Crippen LogP contribution in [-0.4, -0.2) is 23.3 Å². The first-order valence-corrected chi connectivity index (χ1v) is 7.35. The molecule has 120 valence electrons. The van der Waals surface area contributed by atoms with E-state index < -0.39 is 5.91 Å². The first kappa shape index (κ1) is 16.8. The topological polar surface area (TPSA) is 70.9 Å². The zero-order chi connectivity index (χ0) is 16.8. The highest BCUT2D eigenvalue weighted by Gasteiger charge is 2.07. The van der Waals surface area contributed by atoms with Gasteiger partial charge in [0.15, 0.2) is 6.61 Å². The summed E-state index contributed by atoms with van der Waals surface area (Å²) in [5, 5.41) is 14.2. The molecule has 0 atom stereocenters. The number of aromatic hydroxyl groups is 1. The van der Waals surface area contributed by atoms with Crippen LogP contribution in [0.3, 0.4) is 0 Å². The van der Waals surface area contributed by atoms with E-state index in [1.807, 2.05) is 6.92 Å². The van der Waals surface area contributed by atoms with Gasteiger partial charge in [0, 0.05) is 5.56 Å². The highest BCUT2D eigenvalue weighted by molar-refractivity contribution is 6.32. The van der Waals surface area contributed by atoms with Crippen molar-refractivity contribution in [1.82, 2.24) is 5.43 Å². The van der Waals surface area contributed by atoms with Gasteiger partial charge in [-0.3, -0.25) is 4.79 Å². The van der Waals surface area contributed by atoms with E-state index in [2.05, 4.69) is 10.5 Å². The number of carbonyl (C=O) groups excluding carboxylic acids is 1. The number of hydrogen-bond donors (Lipinski definition) is 2. The van der Waals surface area contributed by atoms with Crippen LogP contribution in [0.15, 0.2) is 47.6 Å². The number of para-hydroxylation sites is 1. The lowest BCUT2D eigenvalue weighted by molar-refractivity contribution is -0.123. The first-order valence-electron chi connectivity index (χ1n) is 6.98. The summed E-state index contributed by atoms with van der Waals surface area (Å²) in [6, 6.07) is 12.1. The Labute approximate surface area is 139 Å². The van der Waals surface area contributed by atoms with Crippen LogP contribution in [0, 0.1) is 6.92 Å². The van der Waals surface area contributed by atoms with E-state index in [9.17, 15) is 9.90 Å². The second-order valence-electron chi connectivity index (χ2n) is 4.97. The van der Waals surface area contributed by atoms with Crippen LogP contribution < -0.4 is 10.2 Å². The Balaban J connectivity index is 1.95. The van der Waals surface area contributed by atoms with Gasteiger partial charge in [-0.1, -0.05) is 35.4 Å². The number of phenolic OH excluding ortho intramolecular Hbond substituents is 1. The molecule has 0 fully saturated rings. The maximum atomic E-state index is 11.8. The first-order chi connectivity index (χ1) is 11.0. The summed E-state index contributed by atoms with van der Waals surface area (Å²) in [6.45, 7) is 3.40. The van der Waals surface area contributed by atoms with Crippen molar-refractivity contribution in [3.8, 4) is 11.5 Å². The van der Waals surface area contributed by atoms with Gasteiger partial charge in [-0.2, -0.15) is 5.10 Å². The van der Waals surface area contributed by atoms with Crippen LogP contribution in [-0.2, 0) is 4.79 Å². The molecule has 5 nitrogen and oxygen atoms in total. The number of ether oxygens (including phenoxy) is 1. The fraction of sp³-hybridized carbons (Fsp3) is 0.176. The van der Waals surface area contributed by atoms with Crippen LogP contribution in [0.1, 0.15) is 18.1 Å². The third-order valence-electron chi connectivity index (χ3n) is 3.09. The number of amides is 1. The van der Waals surface area contributed by atoms with E-state index in [1.54, 1.807) is 49.4 Å². The standard InChI is InChI=1S/C17H17ClN2O3/c1-11-7-8-15(21)13(9-11)12(2)19-20-17(22)10-23-16-6-4-3-5-14(16)18/h3-9,21H,10H2,1-2H3,(H,20,22). The summed E-state index contributed by atoms with van der Waals surface area (Å²) in [5.74, 6) is 0.121. The third kappa shape index (κ3) is 4.72. The second kappa shape index (κ2) is 7.65. The Morgan fingerprint density at radius 2 is 2.04 bits per heavy atom. The van der Waals surface area contributed by atoms with Crippen LogP contribution in [0.25, 0.3) is 0 Å². The molecule has 2 rings (SSSR count). The van der Waals surface area contributed by atoms with Crippen molar-refractivity contribution in [3.63, 3.8) is 0 Å². The lowest BCUT2D eigenvalue weighted by atomic mass is 10.1. The summed E-state index contributed by atoms with van der Waals surface area (Å²) < 4.78 is 5.32. The number of phenols is 1. The van der Waals surface area contributed by atoms with Crippen molar-refractivity contribution in [2.24, 2.45) is 5.10 Å². The zero-order valence-corrected chi connectivity index (χ0v) is 13.6. The number of hydrazone groups is 1. The van der Waals surface area contributed by atoms with Crippen molar-refractivity contribution in [2.45, 2.75) is 13.8 Å². The summed E-state index contributed by atoms with van der Waals surface area (Å²) in [5.41, 5.74) is 4.44. The van der Waals surface area contributed by atoms with Crippen LogP contribution in [0.4, 0.5) is 0 Å². The molecular weight excluding hydrogens is 316 g/mol. The van der Waals surface area contributed by atoms with Crippen molar-refractivity contribution in [3.05, 3.63) is 58.6 Å². The maximum absolute atomic E-state index is 11.8. The van der Waals surface area contributed by atoms with Gasteiger partial charge in [0.25, 0.3) is 5.91 Å². The monoisotopic (exact) mass is 332 g/mol. The quantitative estimate of drug-likeness (QED) is 0.652. The van der Waals surface area contributed by atoms with Gasteiger partial charge < -0.3 is 9.84 Å². The van der Waals surface area contributed by atoms with Gasteiger partial charge in [0.2, 0.25) is 0 Å². The average Bonchev–Trinajstić information content (AvgIpc) is 2.54. The lowest BCUT2D eigenvalue weighted by Gasteiger charge is -2.08. The zero-order valence-electron chi connectivity index (χ0n) is 12.8. The number of hydrogen-bond acceptors (Lipinski definition) is 4. The number of rotatable bonds is 5. The molecule has 2 aromatic rings. The molecule has 0 saturated carbocycles. The predicted molar refractivity (Wildman–Crippen MR) is 90.1 cm³/mol. The molecule has 1 amide bonds. The van der Waals surface area contributed by atoms with Gasteiger partial charge in [-0.05, 0) is 38.1 Å². The third-order valence-corrected chi connectivity index (χ3v) is 3.40. The second-order valence-corrected chi connectivity index (χ2v) is 5.38. The number of nitrogens with one attached hydrogen (secondary N) is 1. The average molecular weight is 333 g/mol. The molecular formula is C17H17ClN2O3. The molecule has 0 spiro atoms. The van der Waals surface area contributed by atoms with Crippen molar-refractivity contribution in [2.75, 3.05) is 6.61 Å². The molecule has 6 heteroatoms. The Kier molecular flexibility index (Phi) is 5.60. The molecule has 2 N–H and O–H groups in total. The summed E-state index contributed by atoms with van der Waals surface area (Å²) >= 11 is 5.94. The Morgan fingerprint density at radius 3 is 2.78 bits per heavy atom. The van der Waals surface area contributed by atoms with Crippen LogP contribution in [0.2, 0.25) is 5.02 Å². The Bertz CT molecular complexity index is 744.